The van der Waals surface area contributed by atoms with Gasteiger partial charge in [-0.15, -0.1) is 0 Å². The van der Waals surface area contributed by atoms with Crippen molar-refractivity contribution < 1.29 is 0 Å². The molecule has 0 N–H and O–H groups in total. The lowest BCUT2D eigenvalue weighted by molar-refractivity contribution is 1.29. The normalized spacial score (nSPS) is 11.4. The van der Waals surface area contributed by atoms with Crippen LogP contribution in [0, 0.1) is 0 Å². The lowest BCUT2D eigenvalue weighted by Gasteiger charge is -2.27. The number of benzene rings is 11. The molecule has 0 unspecified atom stereocenters. The Bertz CT molecular complexity index is 3300. The number of hydrogen-bond acceptors (Lipinski definition) is 1. The molecule has 59 heavy (non-hydrogen) atoms. The number of nitrogens with zero attached hydrogens (tertiary/aromatic N) is 1. The molecule has 0 radical (unpaired) electrons. The molecule has 0 atom stereocenters. The third-order valence-electron chi connectivity index (χ3n) is 11.8. The Hall–Kier alpha value is -7.74. The van der Waals surface area contributed by atoms with Crippen LogP contribution in [0.25, 0.3) is 87.6 Å². The third kappa shape index (κ3) is 6.30. The van der Waals surface area contributed by atoms with Crippen molar-refractivity contribution in [2.24, 2.45) is 0 Å². The second kappa shape index (κ2) is 14.6. The second-order valence-electron chi connectivity index (χ2n) is 15.3. The largest absolute Gasteiger partial charge is 0.310 e. The Morgan fingerprint density at radius 2 is 0.610 bits per heavy atom. The molecule has 0 saturated heterocycles. The van der Waals surface area contributed by atoms with E-state index in [0.717, 1.165) is 17.1 Å². The SMILES string of the molecule is c1ccc(-c2ccc3cc(N(c4ccc(-c5ccc6ccccc6c5)cc4)c4ccc5c(c4)c(-c4ccccc4)c(-c4ccccc4)c4ccccc45)ccc3c2)cc1. The predicted molar refractivity (Wildman–Crippen MR) is 253 cm³/mol. The summed E-state index contributed by atoms with van der Waals surface area (Å²) in [4.78, 5) is 2.42. The van der Waals surface area contributed by atoms with Crippen LogP contribution in [-0.4, -0.2) is 0 Å². The highest BCUT2D eigenvalue weighted by atomic mass is 15.1. The number of anilines is 3. The van der Waals surface area contributed by atoms with Gasteiger partial charge in [-0.3, -0.25) is 0 Å². The van der Waals surface area contributed by atoms with Crippen LogP contribution in [0.2, 0.25) is 0 Å². The fraction of sp³-hybridized carbons (Fsp3) is 0. The minimum atomic E-state index is 1.10. The summed E-state index contributed by atoms with van der Waals surface area (Å²) in [5.74, 6) is 0. The predicted octanol–water partition coefficient (Wildman–Crippen LogP) is 16.4. The number of hydrogen-bond donors (Lipinski definition) is 0. The summed E-state index contributed by atoms with van der Waals surface area (Å²) in [6.45, 7) is 0. The summed E-state index contributed by atoms with van der Waals surface area (Å²) in [5.41, 5.74) is 13.0. The minimum absolute atomic E-state index is 1.10. The zero-order valence-corrected chi connectivity index (χ0v) is 32.5. The molecule has 0 bridgehead atoms. The minimum Gasteiger partial charge on any atom is -0.310 e. The van der Waals surface area contributed by atoms with E-state index in [9.17, 15) is 0 Å². The van der Waals surface area contributed by atoms with E-state index >= 15 is 0 Å². The average Bonchev–Trinajstić information content (AvgIpc) is 3.32. The highest BCUT2D eigenvalue weighted by Gasteiger charge is 2.20. The van der Waals surface area contributed by atoms with Gasteiger partial charge in [0, 0.05) is 17.1 Å². The fourth-order valence-electron chi connectivity index (χ4n) is 8.93. The molecule has 0 amide bonds. The molecule has 0 heterocycles. The summed E-state index contributed by atoms with van der Waals surface area (Å²) in [5, 5.41) is 9.87. The van der Waals surface area contributed by atoms with E-state index in [2.05, 4.69) is 241 Å². The van der Waals surface area contributed by atoms with E-state index < -0.39 is 0 Å². The van der Waals surface area contributed by atoms with E-state index in [-0.39, 0.29) is 0 Å². The van der Waals surface area contributed by atoms with E-state index in [0.29, 0.717) is 0 Å². The van der Waals surface area contributed by atoms with Gasteiger partial charge in [0.15, 0.2) is 0 Å². The van der Waals surface area contributed by atoms with Gasteiger partial charge < -0.3 is 4.90 Å². The summed E-state index contributed by atoms with van der Waals surface area (Å²) >= 11 is 0. The Morgan fingerprint density at radius 1 is 0.203 bits per heavy atom. The van der Waals surface area contributed by atoms with E-state index in [1.807, 2.05) is 0 Å². The summed E-state index contributed by atoms with van der Waals surface area (Å²) in [6.07, 6.45) is 0. The van der Waals surface area contributed by atoms with Crippen molar-refractivity contribution in [2.75, 3.05) is 4.90 Å². The van der Waals surface area contributed by atoms with Gasteiger partial charge in [0.25, 0.3) is 0 Å². The monoisotopic (exact) mass is 749 g/mol. The van der Waals surface area contributed by atoms with E-state index in [4.69, 9.17) is 0 Å². The first-order valence-corrected chi connectivity index (χ1v) is 20.3. The molecular weight excluding hydrogens is 711 g/mol. The van der Waals surface area contributed by atoms with Crippen LogP contribution in [0.5, 0.6) is 0 Å². The van der Waals surface area contributed by atoms with Gasteiger partial charge in [-0.25, -0.2) is 0 Å². The first-order chi connectivity index (χ1) is 29.2. The van der Waals surface area contributed by atoms with E-state index in [1.165, 1.54) is 87.6 Å². The van der Waals surface area contributed by atoms with Crippen LogP contribution >= 0.6 is 0 Å². The molecular formula is C58H39N. The van der Waals surface area contributed by atoms with Crippen molar-refractivity contribution in [1.29, 1.82) is 0 Å². The molecule has 0 spiro atoms. The van der Waals surface area contributed by atoms with Crippen molar-refractivity contribution in [3.63, 3.8) is 0 Å². The zero-order chi connectivity index (χ0) is 39.1. The molecule has 0 aliphatic carbocycles. The molecule has 0 fully saturated rings. The summed E-state index contributed by atoms with van der Waals surface area (Å²) in [6, 6.07) is 86.3. The molecule has 0 aromatic heterocycles. The Balaban J connectivity index is 1.13. The van der Waals surface area contributed by atoms with Gasteiger partial charge in [0.1, 0.15) is 0 Å². The van der Waals surface area contributed by atoms with Gasteiger partial charge in [0.2, 0.25) is 0 Å². The van der Waals surface area contributed by atoms with Crippen molar-refractivity contribution in [1.82, 2.24) is 0 Å². The third-order valence-corrected chi connectivity index (χ3v) is 11.8. The Kier molecular flexibility index (Phi) is 8.56. The van der Waals surface area contributed by atoms with Crippen LogP contribution in [0.1, 0.15) is 0 Å². The van der Waals surface area contributed by atoms with Crippen LogP contribution in [0.15, 0.2) is 237 Å². The van der Waals surface area contributed by atoms with Gasteiger partial charge in [-0.05, 0) is 136 Å². The van der Waals surface area contributed by atoms with Crippen LogP contribution < -0.4 is 4.90 Å². The molecule has 0 saturated carbocycles. The number of fused-ring (bicyclic) bond motifs is 5. The lowest BCUT2D eigenvalue weighted by atomic mass is 9.85. The highest BCUT2D eigenvalue weighted by molar-refractivity contribution is 6.22. The Labute approximate surface area is 344 Å². The topological polar surface area (TPSA) is 3.24 Å². The van der Waals surface area contributed by atoms with Crippen molar-refractivity contribution in [3.8, 4) is 44.5 Å². The molecule has 11 rings (SSSR count). The van der Waals surface area contributed by atoms with Crippen molar-refractivity contribution in [2.45, 2.75) is 0 Å². The standard InChI is InChI=1S/C58H39N/c1-4-14-40(15-5-1)46-26-27-49-38-51(33-30-48(49)37-46)59(50-31-28-42(29-32-50)47-25-24-41-16-10-11-21-45(41)36-47)52-34-35-54-53-22-12-13-23-55(53)57(43-17-6-2-7-18-43)58(56(54)39-52)44-19-8-3-9-20-44/h1-39H. The molecule has 276 valence electrons. The molecule has 11 aromatic rings. The van der Waals surface area contributed by atoms with Crippen LogP contribution in [0.3, 0.4) is 0 Å². The van der Waals surface area contributed by atoms with Crippen molar-refractivity contribution >= 4 is 60.2 Å². The first-order valence-electron chi connectivity index (χ1n) is 20.3. The van der Waals surface area contributed by atoms with Crippen LogP contribution in [-0.2, 0) is 0 Å². The lowest BCUT2D eigenvalue weighted by Crippen LogP contribution is -2.10. The molecule has 0 aliphatic rings. The maximum absolute atomic E-state index is 2.42. The van der Waals surface area contributed by atoms with Crippen molar-refractivity contribution in [3.05, 3.63) is 237 Å². The van der Waals surface area contributed by atoms with Gasteiger partial charge >= 0.3 is 0 Å². The van der Waals surface area contributed by atoms with E-state index in [1.54, 1.807) is 0 Å². The summed E-state index contributed by atoms with van der Waals surface area (Å²) < 4.78 is 0. The second-order valence-corrected chi connectivity index (χ2v) is 15.3. The maximum Gasteiger partial charge on any atom is 0.0468 e. The zero-order valence-electron chi connectivity index (χ0n) is 32.5. The smallest absolute Gasteiger partial charge is 0.0468 e. The fourth-order valence-corrected chi connectivity index (χ4v) is 8.93. The van der Waals surface area contributed by atoms with Gasteiger partial charge in [-0.1, -0.05) is 188 Å². The molecule has 1 heteroatoms. The molecule has 0 aliphatic heterocycles. The molecule has 11 aromatic carbocycles. The average molecular weight is 750 g/mol. The Morgan fingerprint density at radius 3 is 1.29 bits per heavy atom. The number of rotatable bonds is 7. The maximum atomic E-state index is 2.42. The summed E-state index contributed by atoms with van der Waals surface area (Å²) in [7, 11) is 0. The molecule has 1 nitrogen and oxygen atoms in total. The van der Waals surface area contributed by atoms with Crippen LogP contribution in [0.4, 0.5) is 17.1 Å². The van der Waals surface area contributed by atoms with Gasteiger partial charge in [-0.2, -0.15) is 0 Å². The van der Waals surface area contributed by atoms with Gasteiger partial charge in [0.05, 0.1) is 0 Å². The quantitative estimate of drug-likeness (QED) is 0.147. The highest BCUT2D eigenvalue weighted by Crippen LogP contribution is 2.47. The first kappa shape index (κ1) is 34.5.